The number of hydrogen-bond acceptors (Lipinski definition) is 8. The summed E-state index contributed by atoms with van der Waals surface area (Å²) in [5, 5.41) is 8.00. The van der Waals surface area contributed by atoms with Gasteiger partial charge in [-0.3, -0.25) is 4.79 Å². The molecule has 4 heterocycles. The lowest BCUT2D eigenvalue weighted by Gasteiger charge is -2.37. The maximum absolute atomic E-state index is 12.9. The second-order valence-electron chi connectivity index (χ2n) is 7.27. The smallest absolute Gasteiger partial charge is 0.276 e. The number of nitrogens with zero attached hydrogens (tertiary/aromatic N) is 5. The van der Waals surface area contributed by atoms with E-state index >= 15 is 0 Å². The fraction of sp³-hybridized carbons (Fsp3) is 0.500. The predicted molar refractivity (Wildman–Crippen MR) is 102 cm³/mol. The summed E-state index contributed by atoms with van der Waals surface area (Å²) in [5.41, 5.74) is 0.255. The fourth-order valence-corrected chi connectivity index (χ4v) is 5.13. The number of fused-ring (bicyclic) bond motifs is 1. The lowest BCUT2D eigenvalue weighted by atomic mass is 10.2. The Bertz CT molecular complexity index is 1060. The van der Waals surface area contributed by atoms with Crippen molar-refractivity contribution in [2.75, 3.05) is 52.6 Å². The SMILES string of the molecule is O=C(c1cn(C2CN(S(=O)(=O)c3ccc4c(c3)OCCO4)C2)nn1)N1CCOCC1. The number of benzene rings is 1. The molecule has 30 heavy (non-hydrogen) atoms. The molecular formula is C18H21N5O6S. The van der Waals surface area contributed by atoms with Gasteiger partial charge in [0.15, 0.2) is 17.2 Å². The third kappa shape index (κ3) is 3.40. The molecule has 3 aliphatic rings. The van der Waals surface area contributed by atoms with E-state index in [9.17, 15) is 13.2 Å². The molecule has 12 heteroatoms. The van der Waals surface area contributed by atoms with E-state index in [2.05, 4.69) is 10.3 Å². The van der Waals surface area contributed by atoms with Gasteiger partial charge in [0.25, 0.3) is 5.91 Å². The molecule has 0 aliphatic carbocycles. The zero-order valence-electron chi connectivity index (χ0n) is 16.1. The molecule has 1 amide bonds. The summed E-state index contributed by atoms with van der Waals surface area (Å²) in [5.74, 6) is 0.785. The van der Waals surface area contributed by atoms with Crippen LogP contribution in [-0.2, 0) is 14.8 Å². The average Bonchev–Trinajstić information content (AvgIpc) is 3.22. The minimum atomic E-state index is -3.66. The molecule has 0 unspecified atom stereocenters. The van der Waals surface area contributed by atoms with Crippen LogP contribution >= 0.6 is 0 Å². The van der Waals surface area contributed by atoms with Crippen LogP contribution in [0.5, 0.6) is 11.5 Å². The second-order valence-corrected chi connectivity index (χ2v) is 9.21. The maximum Gasteiger partial charge on any atom is 0.276 e. The molecule has 0 atom stereocenters. The highest BCUT2D eigenvalue weighted by Gasteiger charge is 2.39. The molecule has 0 spiro atoms. The number of carbonyl (C=O) groups excluding carboxylic acids is 1. The summed E-state index contributed by atoms with van der Waals surface area (Å²) in [6, 6.07) is 4.45. The summed E-state index contributed by atoms with van der Waals surface area (Å²) in [4.78, 5) is 14.3. The molecule has 1 aromatic heterocycles. The molecule has 5 rings (SSSR count). The Hall–Kier alpha value is -2.70. The lowest BCUT2D eigenvalue weighted by molar-refractivity contribution is 0.0299. The van der Waals surface area contributed by atoms with E-state index in [-0.39, 0.29) is 35.6 Å². The largest absolute Gasteiger partial charge is 0.486 e. The Labute approximate surface area is 173 Å². The van der Waals surface area contributed by atoms with Crippen LogP contribution in [0, 0.1) is 0 Å². The van der Waals surface area contributed by atoms with Crippen LogP contribution in [0.15, 0.2) is 29.3 Å². The van der Waals surface area contributed by atoms with Gasteiger partial charge in [0.05, 0.1) is 30.3 Å². The summed E-state index contributed by atoms with van der Waals surface area (Å²) < 4.78 is 44.9. The normalized spacial score (nSPS) is 20.1. The summed E-state index contributed by atoms with van der Waals surface area (Å²) in [6.07, 6.45) is 1.58. The van der Waals surface area contributed by atoms with Crippen molar-refractivity contribution < 1.29 is 27.4 Å². The number of morpholine rings is 1. The van der Waals surface area contributed by atoms with Gasteiger partial charge in [-0.2, -0.15) is 4.31 Å². The number of aromatic nitrogens is 3. The predicted octanol–water partition coefficient (Wildman–Crippen LogP) is -0.233. The van der Waals surface area contributed by atoms with Crippen LogP contribution in [0.4, 0.5) is 0 Å². The number of hydrogen-bond donors (Lipinski definition) is 0. The molecule has 0 bridgehead atoms. The van der Waals surface area contributed by atoms with Gasteiger partial charge in [-0.1, -0.05) is 5.21 Å². The van der Waals surface area contributed by atoms with Crippen molar-refractivity contribution >= 4 is 15.9 Å². The summed E-state index contributed by atoms with van der Waals surface area (Å²) in [7, 11) is -3.66. The van der Waals surface area contributed by atoms with Crippen molar-refractivity contribution in [2.24, 2.45) is 0 Å². The molecule has 2 fully saturated rings. The number of amides is 1. The minimum Gasteiger partial charge on any atom is -0.486 e. The molecular weight excluding hydrogens is 414 g/mol. The highest BCUT2D eigenvalue weighted by Crippen LogP contribution is 2.35. The van der Waals surface area contributed by atoms with E-state index in [1.165, 1.54) is 16.4 Å². The van der Waals surface area contributed by atoms with Crippen molar-refractivity contribution in [1.82, 2.24) is 24.2 Å². The number of rotatable bonds is 4. The molecule has 0 saturated carbocycles. The van der Waals surface area contributed by atoms with Crippen LogP contribution < -0.4 is 9.47 Å². The Kier molecular flexibility index (Phi) is 4.83. The van der Waals surface area contributed by atoms with Gasteiger partial charge in [0.1, 0.15) is 13.2 Å². The molecule has 11 nitrogen and oxygen atoms in total. The first-order valence-corrected chi connectivity index (χ1v) is 11.1. The standard InChI is InChI=1S/C18H21N5O6S/c24-18(21-3-5-27-6-4-21)15-12-23(20-19-15)13-10-22(11-13)30(25,26)14-1-2-16-17(9-14)29-8-7-28-16/h1-2,9,12-13H,3-8,10-11H2. The first kappa shape index (κ1) is 19.3. The molecule has 1 aromatic carbocycles. The van der Waals surface area contributed by atoms with Crippen LogP contribution in [0.1, 0.15) is 16.5 Å². The topological polar surface area (TPSA) is 116 Å². The molecule has 0 N–H and O–H groups in total. The third-order valence-corrected chi connectivity index (χ3v) is 7.21. The van der Waals surface area contributed by atoms with Gasteiger partial charge in [0, 0.05) is 32.2 Å². The van der Waals surface area contributed by atoms with Gasteiger partial charge in [-0.25, -0.2) is 13.1 Å². The quantitative estimate of drug-likeness (QED) is 0.647. The summed E-state index contributed by atoms with van der Waals surface area (Å²) in [6.45, 7) is 3.41. The first-order valence-electron chi connectivity index (χ1n) is 9.71. The van der Waals surface area contributed by atoms with Gasteiger partial charge in [0.2, 0.25) is 10.0 Å². The maximum atomic E-state index is 12.9. The molecule has 0 radical (unpaired) electrons. The zero-order chi connectivity index (χ0) is 20.7. The monoisotopic (exact) mass is 435 g/mol. The second kappa shape index (κ2) is 7.52. The number of carbonyl (C=O) groups is 1. The Morgan fingerprint density at radius 2 is 1.77 bits per heavy atom. The Balaban J connectivity index is 1.25. The molecule has 160 valence electrons. The van der Waals surface area contributed by atoms with Crippen molar-refractivity contribution in [3.05, 3.63) is 30.1 Å². The van der Waals surface area contributed by atoms with Crippen molar-refractivity contribution in [3.8, 4) is 11.5 Å². The van der Waals surface area contributed by atoms with Gasteiger partial charge >= 0.3 is 0 Å². The van der Waals surface area contributed by atoms with Crippen LogP contribution in [0.3, 0.4) is 0 Å². The van der Waals surface area contributed by atoms with Gasteiger partial charge in [-0.15, -0.1) is 5.10 Å². The van der Waals surface area contributed by atoms with Crippen molar-refractivity contribution in [2.45, 2.75) is 10.9 Å². The first-order chi connectivity index (χ1) is 14.5. The van der Waals surface area contributed by atoms with Gasteiger partial charge < -0.3 is 19.1 Å². The van der Waals surface area contributed by atoms with Crippen molar-refractivity contribution in [3.63, 3.8) is 0 Å². The van der Waals surface area contributed by atoms with E-state index in [0.29, 0.717) is 51.0 Å². The van der Waals surface area contributed by atoms with Crippen molar-refractivity contribution in [1.29, 1.82) is 0 Å². The highest BCUT2D eigenvalue weighted by atomic mass is 32.2. The summed E-state index contributed by atoms with van der Waals surface area (Å²) >= 11 is 0. The van der Waals surface area contributed by atoms with E-state index in [1.54, 1.807) is 21.8 Å². The van der Waals surface area contributed by atoms with E-state index < -0.39 is 10.0 Å². The third-order valence-electron chi connectivity index (χ3n) is 5.38. The lowest BCUT2D eigenvalue weighted by Crippen LogP contribution is -2.50. The number of sulfonamides is 1. The average molecular weight is 435 g/mol. The zero-order valence-corrected chi connectivity index (χ0v) is 17.0. The highest BCUT2D eigenvalue weighted by molar-refractivity contribution is 7.89. The van der Waals surface area contributed by atoms with Crippen LogP contribution in [0.2, 0.25) is 0 Å². The van der Waals surface area contributed by atoms with E-state index in [1.807, 2.05) is 0 Å². The molecule has 2 aromatic rings. The van der Waals surface area contributed by atoms with Gasteiger partial charge in [-0.05, 0) is 12.1 Å². The number of ether oxygens (including phenoxy) is 3. The van der Waals surface area contributed by atoms with Crippen LogP contribution in [-0.4, -0.2) is 91.1 Å². The molecule has 3 aliphatic heterocycles. The van der Waals surface area contributed by atoms with E-state index in [0.717, 1.165) is 0 Å². The van der Waals surface area contributed by atoms with E-state index in [4.69, 9.17) is 14.2 Å². The minimum absolute atomic E-state index is 0.159. The fourth-order valence-electron chi connectivity index (χ4n) is 3.60. The Morgan fingerprint density at radius 1 is 1.03 bits per heavy atom. The van der Waals surface area contributed by atoms with Crippen LogP contribution in [0.25, 0.3) is 0 Å². The Morgan fingerprint density at radius 3 is 2.53 bits per heavy atom. The molecule has 2 saturated heterocycles.